The third-order valence-corrected chi connectivity index (χ3v) is 5.80. The number of carbonyl (C=O) groups excluding carboxylic acids is 2. The van der Waals surface area contributed by atoms with Crippen molar-refractivity contribution >= 4 is 23.2 Å². The van der Waals surface area contributed by atoms with Crippen LogP contribution in [-0.4, -0.2) is 17.9 Å². The SMILES string of the molecule is C[C@H](Oc1ccc(C(C)(C)C)cc1)C(=O)Nc1cccc(NC(=O)c2ccc(C(C)(C)C)cc2)c1. The molecule has 0 aliphatic rings. The topological polar surface area (TPSA) is 67.4 Å². The number of anilines is 2. The lowest BCUT2D eigenvalue weighted by molar-refractivity contribution is -0.122. The van der Waals surface area contributed by atoms with Crippen molar-refractivity contribution in [3.05, 3.63) is 89.5 Å². The van der Waals surface area contributed by atoms with Crippen molar-refractivity contribution < 1.29 is 14.3 Å². The minimum atomic E-state index is -0.685. The number of carbonyl (C=O) groups is 2. The van der Waals surface area contributed by atoms with Crippen LogP contribution in [0.25, 0.3) is 0 Å². The predicted molar refractivity (Wildman–Crippen MR) is 143 cm³/mol. The van der Waals surface area contributed by atoms with Crippen molar-refractivity contribution in [3.63, 3.8) is 0 Å². The highest BCUT2D eigenvalue weighted by Gasteiger charge is 2.18. The first-order chi connectivity index (χ1) is 16.3. The molecule has 1 atom stereocenters. The van der Waals surface area contributed by atoms with E-state index in [2.05, 4.69) is 52.2 Å². The standard InChI is InChI=1S/C30H36N2O3/c1-20(35-26-17-15-23(16-18-26)30(5,6)7)27(33)31-24-9-8-10-25(19-24)32-28(34)21-11-13-22(14-12-21)29(2,3)4/h8-20H,1-7H3,(H,31,33)(H,32,34)/t20-/m0/s1. The lowest BCUT2D eigenvalue weighted by atomic mass is 9.87. The van der Waals surface area contributed by atoms with Gasteiger partial charge in [0, 0.05) is 16.9 Å². The van der Waals surface area contributed by atoms with E-state index in [9.17, 15) is 9.59 Å². The monoisotopic (exact) mass is 472 g/mol. The van der Waals surface area contributed by atoms with Crippen LogP contribution in [0.1, 0.15) is 70.0 Å². The molecule has 0 aliphatic heterocycles. The molecular formula is C30H36N2O3. The van der Waals surface area contributed by atoms with Crippen LogP contribution in [0.2, 0.25) is 0 Å². The second-order valence-electron chi connectivity index (χ2n) is 10.9. The Hall–Kier alpha value is -3.60. The maximum absolute atomic E-state index is 12.7. The summed E-state index contributed by atoms with van der Waals surface area (Å²) in [4.78, 5) is 25.4. The molecular weight excluding hydrogens is 436 g/mol. The quantitative estimate of drug-likeness (QED) is 0.408. The van der Waals surface area contributed by atoms with Crippen LogP contribution in [0.4, 0.5) is 11.4 Å². The van der Waals surface area contributed by atoms with Crippen molar-refractivity contribution in [2.45, 2.75) is 65.4 Å². The highest BCUT2D eigenvalue weighted by atomic mass is 16.5. The summed E-state index contributed by atoms with van der Waals surface area (Å²) in [6.07, 6.45) is -0.685. The number of ether oxygens (including phenoxy) is 1. The minimum absolute atomic E-state index is 0.0261. The van der Waals surface area contributed by atoms with E-state index in [1.165, 1.54) is 11.1 Å². The van der Waals surface area contributed by atoms with Gasteiger partial charge in [-0.05, 0) is 71.3 Å². The molecule has 184 valence electrons. The molecule has 5 heteroatoms. The zero-order valence-corrected chi connectivity index (χ0v) is 21.7. The number of hydrogen-bond donors (Lipinski definition) is 2. The van der Waals surface area contributed by atoms with Gasteiger partial charge < -0.3 is 15.4 Å². The Labute approximate surface area is 208 Å². The number of rotatable bonds is 6. The summed E-state index contributed by atoms with van der Waals surface area (Å²) < 4.78 is 5.82. The largest absolute Gasteiger partial charge is 0.481 e. The van der Waals surface area contributed by atoms with Gasteiger partial charge in [0.15, 0.2) is 6.10 Å². The van der Waals surface area contributed by atoms with Crippen LogP contribution in [0.3, 0.4) is 0 Å². The summed E-state index contributed by atoms with van der Waals surface area (Å²) in [7, 11) is 0. The van der Waals surface area contributed by atoms with Gasteiger partial charge in [-0.1, -0.05) is 71.9 Å². The van der Waals surface area contributed by atoms with Gasteiger partial charge >= 0.3 is 0 Å². The molecule has 0 spiro atoms. The Kier molecular flexibility index (Phi) is 7.69. The molecule has 0 saturated carbocycles. The van der Waals surface area contributed by atoms with Gasteiger partial charge in [-0.3, -0.25) is 9.59 Å². The molecule has 35 heavy (non-hydrogen) atoms. The highest BCUT2D eigenvalue weighted by molar-refractivity contribution is 6.04. The van der Waals surface area contributed by atoms with E-state index in [4.69, 9.17) is 4.74 Å². The molecule has 3 rings (SSSR count). The van der Waals surface area contributed by atoms with E-state index in [1.54, 1.807) is 31.2 Å². The lowest BCUT2D eigenvalue weighted by Crippen LogP contribution is -2.30. The van der Waals surface area contributed by atoms with Crippen molar-refractivity contribution in [3.8, 4) is 5.75 Å². The van der Waals surface area contributed by atoms with Crippen molar-refractivity contribution in [1.82, 2.24) is 0 Å². The number of benzene rings is 3. The molecule has 0 unspecified atom stereocenters. The van der Waals surface area contributed by atoms with Gasteiger partial charge in [0.25, 0.3) is 11.8 Å². The van der Waals surface area contributed by atoms with Gasteiger partial charge in [0.2, 0.25) is 0 Å². The number of amides is 2. The van der Waals surface area contributed by atoms with Gasteiger partial charge in [-0.15, -0.1) is 0 Å². The van der Waals surface area contributed by atoms with Crippen LogP contribution < -0.4 is 15.4 Å². The van der Waals surface area contributed by atoms with E-state index in [0.717, 1.165) is 0 Å². The van der Waals surface area contributed by atoms with Crippen LogP contribution >= 0.6 is 0 Å². The Morgan fingerprint density at radius 3 is 1.71 bits per heavy atom. The Balaban J connectivity index is 1.60. The summed E-state index contributed by atoms with van der Waals surface area (Å²) in [5, 5.41) is 5.75. The smallest absolute Gasteiger partial charge is 0.265 e. The Morgan fingerprint density at radius 1 is 0.714 bits per heavy atom. The minimum Gasteiger partial charge on any atom is -0.481 e. The van der Waals surface area contributed by atoms with Gasteiger partial charge in [0.1, 0.15) is 5.75 Å². The average molecular weight is 473 g/mol. The third kappa shape index (κ3) is 7.19. The zero-order valence-electron chi connectivity index (χ0n) is 21.7. The fourth-order valence-corrected chi connectivity index (χ4v) is 3.53. The molecule has 0 aromatic heterocycles. The van der Waals surface area contributed by atoms with Crippen LogP contribution in [0, 0.1) is 0 Å². The summed E-state index contributed by atoms with van der Waals surface area (Å²) in [5.41, 5.74) is 4.20. The molecule has 3 aromatic carbocycles. The van der Waals surface area contributed by atoms with E-state index in [0.29, 0.717) is 22.7 Å². The maximum Gasteiger partial charge on any atom is 0.265 e. The molecule has 0 fully saturated rings. The molecule has 2 amide bonds. The highest BCUT2D eigenvalue weighted by Crippen LogP contribution is 2.25. The Morgan fingerprint density at radius 2 is 1.20 bits per heavy atom. The van der Waals surface area contributed by atoms with Crippen LogP contribution in [0.5, 0.6) is 5.75 Å². The number of hydrogen-bond acceptors (Lipinski definition) is 3. The van der Waals surface area contributed by atoms with Gasteiger partial charge in [-0.25, -0.2) is 0 Å². The van der Waals surface area contributed by atoms with E-state index < -0.39 is 6.10 Å². The normalized spacial score (nSPS) is 12.5. The third-order valence-electron chi connectivity index (χ3n) is 5.80. The van der Waals surface area contributed by atoms with Gasteiger partial charge in [0.05, 0.1) is 0 Å². The summed E-state index contributed by atoms with van der Waals surface area (Å²) in [6, 6.07) is 22.5. The molecule has 0 bridgehead atoms. The Bertz CT molecular complexity index is 1170. The lowest BCUT2D eigenvalue weighted by Gasteiger charge is -2.20. The van der Waals surface area contributed by atoms with E-state index in [1.807, 2.05) is 48.5 Å². The zero-order chi connectivity index (χ0) is 25.8. The van der Waals surface area contributed by atoms with Crippen molar-refractivity contribution in [2.24, 2.45) is 0 Å². The number of nitrogens with one attached hydrogen (secondary N) is 2. The predicted octanol–water partition coefficient (Wildman–Crippen LogP) is 6.94. The fourth-order valence-electron chi connectivity index (χ4n) is 3.53. The second-order valence-corrected chi connectivity index (χ2v) is 10.9. The summed E-state index contributed by atoms with van der Waals surface area (Å²) in [6.45, 7) is 14.6. The van der Waals surface area contributed by atoms with Crippen molar-refractivity contribution in [2.75, 3.05) is 10.6 Å². The molecule has 0 radical (unpaired) electrons. The maximum atomic E-state index is 12.7. The van der Waals surface area contributed by atoms with E-state index >= 15 is 0 Å². The molecule has 5 nitrogen and oxygen atoms in total. The van der Waals surface area contributed by atoms with Crippen LogP contribution in [0.15, 0.2) is 72.8 Å². The molecule has 2 N–H and O–H groups in total. The summed E-state index contributed by atoms with van der Waals surface area (Å²) >= 11 is 0. The molecule has 0 heterocycles. The molecule has 3 aromatic rings. The van der Waals surface area contributed by atoms with Gasteiger partial charge in [-0.2, -0.15) is 0 Å². The molecule has 0 saturated heterocycles. The molecule has 0 aliphatic carbocycles. The van der Waals surface area contributed by atoms with Crippen LogP contribution in [-0.2, 0) is 15.6 Å². The average Bonchev–Trinajstić information content (AvgIpc) is 2.78. The fraction of sp³-hybridized carbons (Fsp3) is 0.333. The first-order valence-corrected chi connectivity index (χ1v) is 11.9. The van der Waals surface area contributed by atoms with E-state index in [-0.39, 0.29) is 22.6 Å². The summed E-state index contributed by atoms with van der Waals surface area (Å²) in [5.74, 6) is 0.162. The first-order valence-electron chi connectivity index (χ1n) is 11.9. The first kappa shape index (κ1) is 26.0. The van der Waals surface area contributed by atoms with Crippen molar-refractivity contribution in [1.29, 1.82) is 0 Å². The second kappa shape index (κ2) is 10.3.